The average molecular weight is 276 g/mol. The molecule has 0 unspecified atom stereocenters. The third kappa shape index (κ3) is 3.43. The minimum Gasteiger partial charge on any atom is -0.495 e. The van der Waals surface area contributed by atoms with Crippen LogP contribution in [0.4, 0.5) is 4.39 Å². The van der Waals surface area contributed by atoms with Gasteiger partial charge < -0.3 is 9.84 Å². The van der Waals surface area contributed by atoms with E-state index in [1.54, 1.807) is 0 Å². The van der Waals surface area contributed by atoms with Gasteiger partial charge in [0, 0.05) is 12.7 Å². The number of aryl methyl sites for hydroxylation is 1. The number of aliphatic carboxylic acids is 1. The average Bonchev–Trinajstić information content (AvgIpc) is 2.24. The van der Waals surface area contributed by atoms with Crippen LogP contribution >= 0.6 is 0 Å². The van der Waals surface area contributed by atoms with Gasteiger partial charge in [0.2, 0.25) is 0 Å². The van der Waals surface area contributed by atoms with E-state index in [1.165, 1.54) is 7.11 Å². The van der Waals surface area contributed by atoms with Crippen molar-refractivity contribution in [1.29, 1.82) is 0 Å². The van der Waals surface area contributed by atoms with Crippen molar-refractivity contribution in [2.45, 2.75) is 17.7 Å². The van der Waals surface area contributed by atoms with Crippen LogP contribution in [0.25, 0.3) is 0 Å². The van der Waals surface area contributed by atoms with Crippen molar-refractivity contribution in [3.63, 3.8) is 0 Å². The number of methoxy groups -OCH3 is 1. The van der Waals surface area contributed by atoms with Crippen LogP contribution in [0.5, 0.6) is 5.75 Å². The van der Waals surface area contributed by atoms with Crippen LogP contribution < -0.4 is 4.74 Å². The van der Waals surface area contributed by atoms with Crippen LogP contribution in [0, 0.1) is 5.82 Å². The Morgan fingerprint density at radius 1 is 1.44 bits per heavy atom. The van der Waals surface area contributed by atoms with E-state index in [-0.39, 0.29) is 29.1 Å². The summed E-state index contributed by atoms with van der Waals surface area (Å²) < 4.78 is 41.3. The summed E-state index contributed by atoms with van der Waals surface area (Å²) in [6.07, 6.45) is 0.701. The van der Waals surface area contributed by atoms with Gasteiger partial charge in [0.1, 0.15) is 16.5 Å². The van der Waals surface area contributed by atoms with E-state index in [0.717, 1.165) is 18.4 Å². The standard InChI is InChI=1S/C11H13FO5S/c1-17-11-7(3-4-10(13)14)5-8(12)6-9(11)18(2,15)16/h5-6H,3-4H2,1-2H3,(H,13,14). The van der Waals surface area contributed by atoms with Crippen LogP contribution in [0.3, 0.4) is 0 Å². The number of hydrogen-bond acceptors (Lipinski definition) is 4. The molecule has 0 aliphatic heterocycles. The number of halogens is 1. The second kappa shape index (κ2) is 5.34. The van der Waals surface area contributed by atoms with Crippen molar-refractivity contribution in [2.24, 2.45) is 0 Å². The van der Waals surface area contributed by atoms with Crippen molar-refractivity contribution < 1.29 is 27.4 Å². The van der Waals surface area contributed by atoms with Gasteiger partial charge in [-0.1, -0.05) is 0 Å². The molecule has 0 aliphatic carbocycles. The second-order valence-electron chi connectivity index (χ2n) is 3.76. The molecular weight excluding hydrogens is 263 g/mol. The summed E-state index contributed by atoms with van der Waals surface area (Å²) in [5.41, 5.74) is 0.223. The van der Waals surface area contributed by atoms with Crippen LogP contribution in [0.2, 0.25) is 0 Å². The highest BCUT2D eigenvalue weighted by Gasteiger charge is 2.20. The lowest BCUT2D eigenvalue weighted by molar-refractivity contribution is -0.136. The summed E-state index contributed by atoms with van der Waals surface area (Å²) in [5, 5.41) is 8.58. The predicted octanol–water partition coefficient (Wildman–Crippen LogP) is 1.25. The van der Waals surface area contributed by atoms with Crippen molar-refractivity contribution in [1.82, 2.24) is 0 Å². The molecule has 0 aliphatic rings. The molecule has 1 rings (SSSR count). The Morgan fingerprint density at radius 2 is 2.06 bits per heavy atom. The maximum absolute atomic E-state index is 13.3. The Morgan fingerprint density at radius 3 is 2.50 bits per heavy atom. The van der Waals surface area contributed by atoms with E-state index in [1.807, 2.05) is 0 Å². The predicted molar refractivity (Wildman–Crippen MR) is 62.0 cm³/mol. The molecule has 0 amide bonds. The molecule has 18 heavy (non-hydrogen) atoms. The topological polar surface area (TPSA) is 80.7 Å². The molecule has 100 valence electrons. The van der Waals surface area contributed by atoms with Gasteiger partial charge in [-0.15, -0.1) is 0 Å². The molecule has 0 heterocycles. The fourth-order valence-corrected chi connectivity index (χ4v) is 2.43. The van der Waals surface area contributed by atoms with Crippen molar-refractivity contribution in [2.75, 3.05) is 13.4 Å². The van der Waals surface area contributed by atoms with E-state index in [0.29, 0.717) is 0 Å². The Hall–Kier alpha value is -1.63. The van der Waals surface area contributed by atoms with Crippen molar-refractivity contribution in [3.8, 4) is 5.75 Å². The zero-order valence-electron chi connectivity index (χ0n) is 9.94. The lowest BCUT2D eigenvalue weighted by Gasteiger charge is -2.12. The molecule has 0 atom stereocenters. The summed E-state index contributed by atoms with van der Waals surface area (Å²) in [5.74, 6) is -1.79. The number of carboxylic acid groups (broad SMARTS) is 1. The molecule has 5 nitrogen and oxygen atoms in total. The Bertz CT molecular complexity index is 565. The molecule has 0 radical (unpaired) electrons. The summed E-state index contributed by atoms with van der Waals surface area (Å²) in [4.78, 5) is 10.2. The minimum atomic E-state index is -3.64. The molecular formula is C11H13FO5S. The monoisotopic (exact) mass is 276 g/mol. The van der Waals surface area contributed by atoms with Gasteiger partial charge in [0.25, 0.3) is 0 Å². The lowest BCUT2D eigenvalue weighted by atomic mass is 10.1. The number of rotatable bonds is 5. The van der Waals surface area contributed by atoms with E-state index in [2.05, 4.69) is 0 Å². The normalized spacial score (nSPS) is 11.3. The number of carbonyl (C=O) groups is 1. The highest BCUT2D eigenvalue weighted by Crippen LogP contribution is 2.30. The van der Waals surface area contributed by atoms with Gasteiger partial charge in [0.05, 0.1) is 7.11 Å². The summed E-state index contributed by atoms with van der Waals surface area (Å²) in [6, 6.07) is 1.94. The molecule has 1 aromatic carbocycles. The molecule has 1 aromatic rings. The second-order valence-corrected chi connectivity index (χ2v) is 5.75. The Kier molecular flexibility index (Phi) is 4.28. The van der Waals surface area contributed by atoms with Gasteiger partial charge in [-0.3, -0.25) is 4.79 Å². The number of benzene rings is 1. The zero-order valence-corrected chi connectivity index (χ0v) is 10.8. The number of sulfone groups is 1. The van der Waals surface area contributed by atoms with E-state index < -0.39 is 21.6 Å². The first kappa shape index (κ1) is 14.4. The van der Waals surface area contributed by atoms with E-state index in [9.17, 15) is 17.6 Å². The maximum atomic E-state index is 13.3. The Balaban J connectivity index is 3.34. The van der Waals surface area contributed by atoms with Gasteiger partial charge in [-0.2, -0.15) is 0 Å². The first-order valence-electron chi connectivity index (χ1n) is 5.04. The summed E-state index contributed by atoms with van der Waals surface area (Å²) >= 11 is 0. The minimum absolute atomic E-state index is 0.000139. The number of carboxylic acids is 1. The molecule has 0 saturated heterocycles. The molecule has 0 spiro atoms. The smallest absolute Gasteiger partial charge is 0.303 e. The molecule has 0 aromatic heterocycles. The Labute approximate surface area is 104 Å². The molecule has 0 bridgehead atoms. The van der Waals surface area contributed by atoms with Crippen LogP contribution in [-0.4, -0.2) is 32.9 Å². The molecule has 0 saturated carbocycles. The van der Waals surface area contributed by atoms with E-state index >= 15 is 0 Å². The number of ether oxygens (including phenoxy) is 1. The third-order valence-corrected chi connectivity index (χ3v) is 3.41. The largest absolute Gasteiger partial charge is 0.495 e. The lowest BCUT2D eigenvalue weighted by Crippen LogP contribution is -2.06. The van der Waals surface area contributed by atoms with Gasteiger partial charge >= 0.3 is 5.97 Å². The zero-order chi connectivity index (χ0) is 13.9. The van der Waals surface area contributed by atoms with Gasteiger partial charge in [0.15, 0.2) is 9.84 Å². The molecule has 1 N–H and O–H groups in total. The fourth-order valence-electron chi connectivity index (χ4n) is 1.56. The molecule has 0 fully saturated rings. The van der Waals surface area contributed by atoms with Crippen molar-refractivity contribution in [3.05, 3.63) is 23.5 Å². The third-order valence-electron chi connectivity index (χ3n) is 2.31. The first-order valence-corrected chi connectivity index (χ1v) is 6.93. The van der Waals surface area contributed by atoms with E-state index in [4.69, 9.17) is 9.84 Å². The molecule has 7 heteroatoms. The van der Waals surface area contributed by atoms with Crippen molar-refractivity contribution >= 4 is 15.8 Å². The number of hydrogen-bond donors (Lipinski definition) is 1. The van der Waals surface area contributed by atoms with Crippen LogP contribution in [0.1, 0.15) is 12.0 Å². The SMILES string of the molecule is COc1c(CCC(=O)O)cc(F)cc1S(C)(=O)=O. The van der Waals surface area contributed by atoms with Crippen LogP contribution in [0.15, 0.2) is 17.0 Å². The summed E-state index contributed by atoms with van der Waals surface area (Å²) in [7, 11) is -2.39. The van der Waals surface area contributed by atoms with Gasteiger partial charge in [-0.25, -0.2) is 12.8 Å². The van der Waals surface area contributed by atoms with Gasteiger partial charge in [-0.05, 0) is 24.1 Å². The fraction of sp³-hybridized carbons (Fsp3) is 0.364. The quantitative estimate of drug-likeness (QED) is 0.875. The highest BCUT2D eigenvalue weighted by atomic mass is 32.2. The summed E-state index contributed by atoms with van der Waals surface area (Å²) in [6.45, 7) is 0. The maximum Gasteiger partial charge on any atom is 0.303 e. The van der Waals surface area contributed by atoms with Crippen LogP contribution in [-0.2, 0) is 21.1 Å². The first-order chi connectivity index (χ1) is 8.25. The highest BCUT2D eigenvalue weighted by molar-refractivity contribution is 7.90.